The highest BCUT2D eigenvalue weighted by atomic mass is 15.3. The number of aromatic nitrogens is 3. The van der Waals surface area contributed by atoms with Crippen LogP contribution in [-0.4, -0.2) is 20.8 Å². The minimum Gasteiger partial charge on any atom is -0.320 e. The molecule has 80 valence electrons. The minimum absolute atomic E-state index is 0.562. The molecule has 0 aliphatic heterocycles. The van der Waals surface area contributed by atoms with E-state index in [0.29, 0.717) is 6.04 Å². The van der Waals surface area contributed by atoms with Gasteiger partial charge >= 0.3 is 0 Å². The molecular formula is C10H20N4. The van der Waals surface area contributed by atoms with Gasteiger partial charge < -0.3 is 9.88 Å². The number of nitrogens with one attached hydrogen (secondary N) is 1. The van der Waals surface area contributed by atoms with Crippen LogP contribution >= 0.6 is 0 Å². The molecule has 1 N–H and O–H groups in total. The lowest BCUT2D eigenvalue weighted by atomic mass is 10.1. The van der Waals surface area contributed by atoms with Gasteiger partial charge in [0, 0.05) is 13.1 Å². The Kier molecular flexibility index (Phi) is 4.59. The maximum atomic E-state index is 4.02. The van der Waals surface area contributed by atoms with Gasteiger partial charge in [0.2, 0.25) is 0 Å². The molecule has 0 amide bonds. The van der Waals surface area contributed by atoms with E-state index in [1.165, 1.54) is 19.3 Å². The van der Waals surface area contributed by atoms with Crippen molar-refractivity contribution >= 4 is 0 Å². The number of unbranched alkanes of at least 4 members (excludes halogenated alkanes) is 1. The van der Waals surface area contributed by atoms with E-state index in [9.17, 15) is 0 Å². The highest BCUT2D eigenvalue weighted by Crippen LogP contribution is 2.00. The molecule has 0 aliphatic carbocycles. The molecule has 0 radical (unpaired) electrons. The Morgan fingerprint density at radius 1 is 1.57 bits per heavy atom. The van der Waals surface area contributed by atoms with Gasteiger partial charge in [0.1, 0.15) is 12.2 Å². The first-order valence-corrected chi connectivity index (χ1v) is 5.30. The zero-order valence-corrected chi connectivity index (χ0v) is 9.32. The van der Waals surface area contributed by atoms with Crippen molar-refractivity contribution in [1.82, 2.24) is 20.1 Å². The van der Waals surface area contributed by atoms with Crippen molar-refractivity contribution in [1.29, 1.82) is 0 Å². The van der Waals surface area contributed by atoms with Gasteiger partial charge in [-0.05, 0) is 13.3 Å². The molecular weight excluding hydrogens is 176 g/mol. The van der Waals surface area contributed by atoms with Gasteiger partial charge in [0.25, 0.3) is 0 Å². The quantitative estimate of drug-likeness (QED) is 0.749. The van der Waals surface area contributed by atoms with Crippen LogP contribution < -0.4 is 5.32 Å². The fourth-order valence-corrected chi connectivity index (χ4v) is 1.35. The fraction of sp³-hybridized carbons (Fsp3) is 0.800. The zero-order chi connectivity index (χ0) is 10.4. The second-order valence-electron chi connectivity index (χ2n) is 3.78. The molecule has 4 heteroatoms. The van der Waals surface area contributed by atoms with Crippen molar-refractivity contribution in [2.45, 2.75) is 45.7 Å². The van der Waals surface area contributed by atoms with Crippen LogP contribution in [0.2, 0.25) is 0 Å². The van der Waals surface area contributed by atoms with Gasteiger partial charge in [0.15, 0.2) is 0 Å². The summed E-state index contributed by atoms with van der Waals surface area (Å²) in [4.78, 5) is 0. The SMILES string of the molecule is CCCCC(C)NCc1nncn1C. The third-order valence-corrected chi connectivity index (χ3v) is 2.40. The summed E-state index contributed by atoms with van der Waals surface area (Å²) in [6.45, 7) is 5.24. The molecule has 1 aromatic heterocycles. The molecule has 1 atom stereocenters. The Hall–Kier alpha value is -0.900. The van der Waals surface area contributed by atoms with Crippen molar-refractivity contribution < 1.29 is 0 Å². The summed E-state index contributed by atoms with van der Waals surface area (Å²) in [6.07, 6.45) is 5.50. The lowest BCUT2D eigenvalue weighted by Gasteiger charge is -2.12. The van der Waals surface area contributed by atoms with Crippen molar-refractivity contribution in [2.75, 3.05) is 0 Å². The van der Waals surface area contributed by atoms with Gasteiger partial charge in [-0.3, -0.25) is 0 Å². The highest BCUT2D eigenvalue weighted by Gasteiger charge is 2.03. The molecule has 0 fully saturated rings. The Balaban J connectivity index is 2.23. The first kappa shape index (κ1) is 11.2. The van der Waals surface area contributed by atoms with Crippen LogP contribution in [0.15, 0.2) is 6.33 Å². The van der Waals surface area contributed by atoms with Gasteiger partial charge in [-0.2, -0.15) is 0 Å². The molecule has 1 aromatic rings. The molecule has 0 spiro atoms. The van der Waals surface area contributed by atoms with Crippen LogP contribution in [0.4, 0.5) is 0 Å². The average Bonchev–Trinajstić information content (AvgIpc) is 2.58. The van der Waals surface area contributed by atoms with Crippen LogP contribution in [0.3, 0.4) is 0 Å². The summed E-state index contributed by atoms with van der Waals surface area (Å²) in [7, 11) is 1.97. The number of hydrogen-bond acceptors (Lipinski definition) is 3. The van der Waals surface area contributed by atoms with E-state index in [0.717, 1.165) is 12.4 Å². The van der Waals surface area contributed by atoms with E-state index in [2.05, 4.69) is 29.4 Å². The Labute approximate surface area is 85.7 Å². The summed E-state index contributed by atoms with van der Waals surface area (Å²) >= 11 is 0. The van der Waals surface area contributed by atoms with E-state index < -0.39 is 0 Å². The minimum atomic E-state index is 0.562. The number of nitrogens with zero attached hydrogens (tertiary/aromatic N) is 3. The van der Waals surface area contributed by atoms with Crippen LogP contribution in [0, 0.1) is 0 Å². The Bertz CT molecular complexity index is 256. The van der Waals surface area contributed by atoms with Crippen LogP contribution in [-0.2, 0) is 13.6 Å². The van der Waals surface area contributed by atoms with Crippen LogP contribution in [0.1, 0.15) is 38.9 Å². The molecule has 1 unspecified atom stereocenters. The molecule has 0 aliphatic rings. The van der Waals surface area contributed by atoms with Gasteiger partial charge in [-0.15, -0.1) is 10.2 Å². The van der Waals surface area contributed by atoms with E-state index >= 15 is 0 Å². The zero-order valence-electron chi connectivity index (χ0n) is 9.32. The van der Waals surface area contributed by atoms with Crippen molar-refractivity contribution in [2.24, 2.45) is 7.05 Å². The number of rotatable bonds is 6. The lowest BCUT2D eigenvalue weighted by Crippen LogP contribution is -2.26. The third kappa shape index (κ3) is 3.46. The predicted molar refractivity (Wildman–Crippen MR) is 56.8 cm³/mol. The maximum absolute atomic E-state index is 4.02. The molecule has 0 bridgehead atoms. The first-order valence-electron chi connectivity index (χ1n) is 5.30. The maximum Gasteiger partial charge on any atom is 0.146 e. The van der Waals surface area contributed by atoms with Crippen molar-refractivity contribution in [3.05, 3.63) is 12.2 Å². The smallest absolute Gasteiger partial charge is 0.146 e. The Morgan fingerprint density at radius 2 is 2.36 bits per heavy atom. The summed E-state index contributed by atoms with van der Waals surface area (Å²) < 4.78 is 1.94. The molecule has 14 heavy (non-hydrogen) atoms. The molecule has 0 aromatic carbocycles. The predicted octanol–water partition coefficient (Wildman–Crippen LogP) is 1.48. The molecule has 1 heterocycles. The highest BCUT2D eigenvalue weighted by molar-refractivity contribution is 4.83. The van der Waals surface area contributed by atoms with Gasteiger partial charge in [-0.25, -0.2) is 0 Å². The number of aryl methyl sites for hydroxylation is 1. The van der Waals surface area contributed by atoms with E-state index in [1.54, 1.807) is 6.33 Å². The molecule has 0 saturated carbocycles. The normalized spacial score (nSPS) is 13.1. The standard InChI is InChI=1S/C10H20N4/c1-4-5-6-9(2)11-7-10-13-12-8-14(10)3/h8-9,11H,4-7H2,1-3H3. The first-order chi connectivity index (χ1) is 6.74. The second-order valence-corrected chi connectivity index (χ2v) is 3.78. The molecule has 0 saturated heterocycles. The van der Waals surface area contributed by atoms with Gasteiger partial charge in [0.05, 0.1) is 6.54 Å². The topological polar surface area (TPSA) is 42.7 Å². The van der Waals surface area contributed by atoms with Crippen LogP contribution in [0.5, 0.6) is 0 Å². The molecule has 4 nitrogen and oxygen atoms in total. The molecule has 1 rings (SSSR count). The summed E-state index contributed by atoms with van der Waals surface area (Å²) in [6, 6.07) is 0.562. The fourth-order valence-electron chi connectivity index (χ4n) is 1.35. The van der Waals surface area contributed by atoms with Crippen LogP contribution in [0.25, 0.3) is 0 Å². The Morgan fingerprint density at radius 3 is 2.93 bits per heavy atom. The van der Waals surface area contributed by atoms with E-state index in [4.69, 9.17) is 0 Å². The van der Waals surface area contributed by atoms with Crippen molar-refractivity contribution in [3.8, 4) is 0 Å². The third-order valence-electron chi connectivity index (χ3n) is 2.40. The summed E-state index contributed by atoms with van der Waals surface area (Å²) in [5, 5.41) is 11.3. The van der Waals surface area contributed by atoms with E-state index in [-0.39, 0.29) is 0 Å². The monoisotopic (exact) mass is 196 g/mol. The second kappa shape index (κ2) is 5.75. The lowest BCUT2D eigenvalue weighted by molar-refractivity contribution is 0.482. The summed E-state index contributed by atoms with van der Waals surface area (Å²) in [5.41, 5.74) is 0. The average molecular weight is 196 g/mol. The van der Waals surface area contributed by atoms with Gasteiger partial charge in [-0.1, -0.05) is 19.8 Å². The largest absolute Gasteiger partial charge is 0.320 e. The van der Waals surface area contributed by atoms with Crippen molar-refractivity contribution in [3.63, 3.8) is 0 Å². The summed E-state index contributed by atoms with van der Waals surface area (Å²) in [5.74, 6) is 0.994. The number of hydrogen-bond donors (Lipinski definition) is 1. The van der Waals surface area contributed by atoms with E-state index in [1.807, 2.05) is 11.6 Å².